The number of ether oxygens (including phenoxy) is 1. The predicted octanol–water partition coefficient (Wildman–Crippen LogP) is 2.86. The normalized spacial score (nSPS) is 10.4. The molecule has 0 unspecified atom stereocenters. The van der Waals surface area contributed by atoms with Gasteiger partial charge in [0.1, 0.15) is 0 Å². The Morgan fingerprint density at radius 1 is 1.31 bits per heavy atom. The van der Waals surface area contributed by atoms with Crippen LogP contribution in [0.4, 0.5) is 5.69 Å². The molecule has 0 saturated carbocycles. The van der Waals surface area contributed by atoms with E-state index >= 15 is 0 Å². The van der Waals surface area contributed by atoms with Crippen molar-refractivity contribution < 1.29 is 9.53 Å². The average Bonchev–Trinajstić information content (AvgIpc) is 2.30. The third kappa shape index (κ3) is 3.26. The fraction of sp³-hybridized carbons (Fsp3) is 0.462. The van der Waals surface area contributed by atoms with Crippen molar-refractivity contribution in [3.05, 3.63) is 29.8 Å². The van der Waals surface area contributed by atoms with Crippen LogP contribution in [-0.2, 0) is 4.74 Å². The lowest BCUT2D eigenvalue weighted by Gasteiger charge is -2.13. The Morgan fingerprint density at radius 3 is 2.50 bits per heavy atom. The number of para-hydroxylation sites is 1. The zero-order valence-corrected chi connectivity index (χ0v) is 9.90. The SMILES string of the molecule is CCC(CC)COC(=O)c1ccccc1N. The van der Waals surface area contributed by atoms with Gasteiger partial charge in [0.2, 0.25) is 0 Å². The number of hydrogen-bond acceptors (Lipinski definition) is 3. The number of nitrogen functional groups attached to an aromatic ring is 1. The molecule has 88 valence electrons. The van der Waals surface area contributed by atoms with Crippen molar-refractivity contribution in [3.63, 3.8) is 0 Å². The quantitative estimate of drug-likeness (QED) is 0.614. The van der Waals surface area contributed by atoms with Crippen LogP contribution in [0.25, 0.3) is 0 Å². The zero-order chi connectivity index (χ0) is 12.0. The highest BCUT2D eigenvalue weighted by Gasteiger charge is 2.12. The fourth-order valence-electron chi connectivity index (χ4n) is 1.48. The zero-order valence-electron chi connectivity index (χ0n) is 9.90. The lowest BCUT2D eigenvalue weighted by Crippen LogP contribution is -2.14. The Kier molecular flexibility index (Phi) is 4.83. The van der Waals surface area contributed by atoms with Crippen LogP contribution in [0.2, 0.25) is 0 Å². The van der Waals surface area contributed by atoms with Gasteiger partial charge >= 0.3 is 5.97 Å². The van der Waals surface area contributed by atoms with Crippen LogP contribution in [0.5, 0.6) is 0 Å². The first-order valence-electron chi connectivity index (χ1n) is 5.70. The summed E-state index contributed by atoms with van der Waals surface area (Å²) < 4.78 is 5.23. The highest BCUT2D eigenvalue weighted by Crippen LogP contribution is 2.14. The average molecular weight is 221 g/mol. The van der Waals surface area contributed by atoms with Crippen LogP contribution in [0.3, 0.4) is 0 Å². The summed E-state index contributed by atoms with van der Waals surface area (Å²) in [6.45, 7) is 4.66. The van der Waals surface area contributed by atoms with Crippen molar-refractivity contribution in [3.8, 4) is 0 Å². The van der Waals surface area contributed by atoms with E-state index in [1.807, 2.05) is 0 Å². The molecule has 0 saturated heterocycles. The Balaban J connectivity index is 2.56. The first-order valence-corrected chi connectivity index (χ1v) is 5.70. The number of carbonyl (C=O) groups is 1. The van der Waals surface area contributed by atoms with Gasteiger partial charge in [-0.2, -0.15) is 0 Å². The summed E-state index contributed by atoms with van der Waals surface area (Å²) in [4.78, 5) is 11.7. The maximum Gasteiger partial charge on any atom is 0.340 e. The molecule has 2 N–H and O–H groups in total. The van der Waals surface area contributed by atoms with Gasteiger partial charge in [0.05, 0.1) is 12.2 Å². The molecule has 0 aliphatic carbocycles. The molecule has 0 fully saturated rings. The number of benzene rings is 1. The largest absolute Gasteiger partial charge is 0.462 e. The summed E-state index contributed by atoms with van der Waals surface area (Å²) in [5, 5.41) is 0. The molecule has 0 amide bonds. The van der Waals surface area contributed by atoms with E-state index in [9.17, 15) is 4.79 Å². The Bertz CT molecular complexity index is 346. The van der Waals surface area contributed by atoms with Gasteiger partial charge in [-0.1, -0.05) is 38.8 Å². The Hall–Kier alpha value is -1.51. The number of hydrogen-bond donors (Lipinski definition) is 1. The minimum absolute atomic E-state index is 0.329. The second-order valence-corrected chi connectivity index (χ2v) is 3.87. The van der Waals surface area contributed by atoms with Gasteiger partial charge in [-0.05, 0) is 18.1 Å². The van der Waals surface area contributed by atoms with Gasteiger partial charge < -0.3 is 10.5 Å². The standard InChI is InChI=1S/C13H19NO2/c1-3-10(4-2)9-16-13(15)11-7-5-6-8-12(11)14/h5-8,10H,3-4,9,14H2,1-2H3. The summed E-state index contributed by atoms with van der Waals surface area (Å²) >= 11 is 0. The molecule has 3 heteroatoms. The topological polar surface area (TPSA) is 52.3 Å². The molecule has 0 heterocycles. The van der Waals surface area contributed by atoms with E-state index in [0.29, 0.717) is 23.8 Å². The molecular formula is C13H19NO2. The molecule has 0 spiro atoms. The van der Waals surface area contributed by atoms with Gasteiger partial charge in [-0.3, -0.25) is 0 Å². The van der Waals surface area contributed by atoms with Crippen molar-refractivity contribution in [1.29, 1.82) is 0 Å². The molecular weight excluding hydrogens is 202 g/mol. The molecule has 0 radical (unpaired) electrons. The number of anilines is 1. The molecule has 0 atom stereocenters. The van der Waals surface area contributed by atoms with Gasteiger partial charge in [0, 0.05) is 5.69 Å². The highest BCUT2D eigenvalue weighted by molar-refractivity contribution is 5.94. The summed E-state index contributed by atoms with van der Waals surface area (Å²) in [5.74, 6) is 0.110. The minimum atomic E-state index is -0.329. The van der Waals surface area contributed by atoms with E-state index < -0.39 is 0 Å². The van der Waals surface area contributed by atoms with E-state index in [1.165, 1.54) is 0 Å². The molecule has 1 aromatic rings. The monoisotopic (exact) mass is 221 g/mol. The van der Waals surface area contributed by atoms with Crippen LogP contribution in [-0.4, -0.2) is 12.6 Å². The van der Waals surface area contributed by atoms with E-state index in [2.05, 4.69) is 13.8 Å². The van der Waals surface area contributed by atoms with Crippen molar-refractivity contribution in [1.82, 2.24) is 0 Å². The first kappa shape index (κ1) is 12.6. The predicted molar refractivity (Wildman–Crippen MR) is 65.2 cm³/mol. The second-order valence-electron chi connectivity index (χ2n) is 3.87. The van der Waals surface area contributed by atoms with Gasteiger partial charge in [-0.25, -0.2) is 4.79 Å². The number of nitrogens with two attached hydrogens (primary N) is 1. The lowest BCUT2D eigenvalue weighted by molar-refractivity contribution is 0.0434. The minimum Gasteiger partial charge on any atom is -0.462 e. The molecule has 1 rings (SSSR count). The smallest absolute Gasteiger partial charge is 0.340 e. The number of rotatable bonds is 5. The van der Waals surface area contributed by atoms with Crippen LogP contribution in [0, 0.1) is 5.92 Å². The van der Waals surface area contributed by atoms with E-state index in [0.717, 1.165) is 12.8 Å². The molecule has 0 aliphatic rings. The van der Waals surface area contributed by atoms with Gasteiger partial charge in [0.15, 0.2) is 0 Å². The van der Waals surface area contributed by atoms with Crippen molar-refractivity contribution in [2.24, 2.45) is 5.92 Å². The van der Waals surface area contributed by atoms with Gasteiger partial charge in [-0.15, -0.1) is 0 Å². The second kappa shape index (κ2) is 6.16. The van der Waals surface area contributed by atoms with Crippen molar-refractivity contribution in [2.75, 3.05) is 12.3 Å². The van der Waals surface area contributed by atoms with Crippen LogP contribution in [0.15, 0.2) is 24.3 Å². The Morgan fingerprint density at radius 2 is 1.94 bits per heavy atom. The summed E-state index contributed by atoms with van der Waals surface area (Å²) in [5.41, 5.74) is 6.61. The number of carbonyl (C=O) groups excluding carboxylic acids is 1. The molecule has 0 aliphatic heterocycles. The van der Waals surface area contributed by atoms with Gasteiger partial charge in [0.25, 0.3) is 0 Å². The van der Waals surface area contributed by atoms with Crippen LogP contribution in [0.1, 0.15) is 37.0 Å². The third-order valence-electron chi connectivity index (χ3n) is 2.79. The van der Waals surface area contributed by atoms with E-state index in [4.69, 9.17) is 10.5 Å². The van der Waals surface area contributed by atoms with Crippen LogP contribution >= 0.6 is 0 Å². The van der Waals surface area contributed by atoms with Crippen LogP contribution < -0.4 is 5.73 Å². The molecule has 0 aromatic heterocycles. The maximum atomic E-state index is 11.7. The fourth-order valence-corrected chi connectivity index (χ4v) is 1.48. The lowest BCUT2D eigenvalue weighted by atomic mass is 10.1. The number of esters is 1. The molecule has 1 aromatic carbocycles. The van der Waals surface area contributed by atoms with Crippen molar-refractivity contribution in [2.45, 2.75) is 26.7 Å². The summed E-state index contributed by atoms with van der Waals surface area (Å²) in [6.07, 6.45) is 2.04. The highest BCUT2D eigenvalue weighted by atomic mass is 16.5. The molecule has 0 bridgehead atoms. The van der Waals surface area contributed by atoms with E-state index in [1.54, 1.807) is 24.3 Å². The first-order chi connectivity index (χ1) is 7.69. The summed E-state index contributed by atoms with van der Waals surface area (Å²) in [6, 6.07) is 6.97. The maximum absolute atomic E-state index is 11.7. The Labute approximate surface area is 96.6 Å². The molecule has 16 heavy (non-hydrogen) atoms. The summed E-state index contributed by atoms with van der Waals surface area (Å²) in [7, 11) is 0. The molecule has 3 nitrogen and oxygen atoms in total. The van der Waals surface area contributed by atoms with E-state index in [-0.39, 0.29) is 5.97 Å². The van der Waals surface area contributed by atoms with Crippen molar-refractivity contribution >= 4 is 11.7 Å². The third-order valence-corrected chi connectivity index (χ3v) is 2.79.